The largest absolute Gasteiger partial charge is 0.457 e. The lowest BCUT2D eigenvalue weighted by Crippen LogP contribution is -2.26. The van der Waals surface area contributed by atoms with Crippen LogP contribution in [0.5, 0.6) is 0 Å². The van der Waals surface area contributed by atoms with Crippen molar-refractivity contribution in [3.8, 4) is 0 Å². The molecule has 4 nitrogen and oxygen atoms in total. The molecule has 0 aliphatic carbocycles. The Hall–Kier alpha value is -2.88. The van der Waals surface area contributed by atoms with E-state index in [9.17, 15) is 9.59 Å². The van der Waals surface area contributed by atoms with Gasteiger partial charge in [-0.25, -0.2) is 4.79 Å². The van der Waals surface area contributed by atoms with Crippen molar-refractivity contribution < 1.29 is 19.1 Å². The number of hydrogen-bond acceptors (Lipinski definition) is 4. The Kier molecular flexibility index (Phi) is 8.47. The predicted octanol–water partition coefficient (Wildman–Crippen LogP) is 5.39. The van der Waals surface area contributed by atoms with Crippen molar-refractivity contribution >= 4 is 11.9 Å². The van der Waals surface area contributed by atoms with Crippen LogP contribution in [-0.2, 0) is 19.1 Å². The van der Waals surface area contributed by atoms with Gasteiger partial charge in [-0.3, -0.25) is 4.79 Å². The van der Waals surface area contributed by atoms with Gasteiger partial charge in [-0.2, -0.15) is 0 Å². The van der Waals surface area contributed by atoms with E-state index >= 15 is 0 Å². The van der Waals surface area contributed by atoms with E-state index in [0.717, 1.165) is 24.0 Å². The summed E-state index contributed by atoms with van der Waals surface area (Å²) in [5.41, 5.74) is 1.91. The Morgan fingerprint density at radius 1 is 0.893 bits per heavy atom. The molecule has 148 valence electrons. The molecule has 0 aromatic heterocycles. The Bertz CT molecular complexity index is 728. The molecule has 0 aliphatic heterocycles. The van der Waals surface area contributed by atoms with E-state index < -0.39 is 18.2 Å². The van der Waals surface area contributed by atoms with Gasteiger partial charge in [0.05, 0.1) is 5.57 Å². The van der Waals surface area contributed by atoms with E-state index in [2.05, 4.69) is 6.58 Å². The van der Waals surface area contributed by atoms with Crippen LogP contribution in [0, 0.1) is 0 Å². The Labute approximate surface area is 167 Å². The topological polar surface area (TPSA) is 52.6 Å². The minimum atomic E-state index is -0.660. The highest BCUT2D eigenvalue weighted by Crippen LogP contribution is 2.28. The summed E-state index contributed by atoms with van der Waals surface area (Å²) in [5, 5.41) is 0. The van der Waals surface area contributed by atoms with E-state index in [1.54, 1.807) is 6.92 Å². The number of benzene rings is 2. The van der Waals surface area contributed by atoms with E-state index in [1.165, 1.54) is 0 Å². The minimum absolute atomic E-state index is 0.173. The zero-order chi connectivity index (χ0) is 20.4. The molecule has 0 saturated carbocycles. The third-order valence-electron chi connectivity index (χ3n) is 4.46. The first kappa shape index (κ1) is 21.4. The molecule has 0 aliphatic rings. The molecule has 28 heavy (non-hydrogen) atoms. The molecule has 0 heterocycles. The fourth-order valence-electron chi connectivity index (χ4n) is 2.83. The van der Waals surface area contributed by atoms with Crippen molar-refractivity contribution in [2.24, 2.45) is 0 Å². The molecule has 0 saturated heterocycles. The van der Waals surface area contributed by atoms with Crippen LogP contribution in [0.3, 0.4) is 0 Å². The number of carbonyl (C=O) groups is 2. The maximum atomic E-state index is 12.9. The van der Waals surface area contributed by atoms with Crippen LogP contribution in [0.25, 0.3) is 0 Å². The number of carbonyl (C=O) groups excluding carboxylic acids is 2. The monoisotopic (exact) mass is 380 g/mol. The van der Waals surface area contributed by atoms with Gasteiger partial charge in [0.15, 0.2) is 6.10 Å². The van der Waals surface area contributed by atoms with E-state index in [1.807, 2.05) is 67.6 Å². The number of hydrogen-bond donors (Lipinski definition) is 0. The zero-order valence-electron chi connectivity index (χ0n) is 16.6. The maximum absolute atomic E-state index is 12.9. The molecule has 0 bridgehead atoms. The van der Waals surface area contributed by atoms with Crippen LogP contribution in [0.15, 0.2) is 72.8 Å². The molecular weight excluding hydrogens is 352 g/mol. The average Bonchev–Trinajstić information content (AvgIpc) is 2.75. The Morgan fingerprint density at radius 2 is 1.43 bits per heavy atom. The third-order valence-corrected chi connectivity index (χ3v) is 4.46. The summed E-state index contributed by atoms with van der Waals surface area (Å²) in [5.74, 6) is -0.902. The van der Waals surface area contributed by atoms with Gasteiger partial charge >= 0.3 is 11.9 Å². The molecule has 0 amide bonds. The molecule has 0 spiro atoms. The molecule has 1 atom stereocenters. The van der Waals surface area contributed by atoms with Crippen molar-refractivity contribution in [1.82, 2.24) is 0 Å². The summed E-state index contributed by atoms with van der Waals surface area (Å²) in [6.45, 7) is 7.65. The Balaban J connectivity index is 2.21. The molecule has 4 heteroatoms. The predicted molar refractivity (Wildman–Crippen MR) is 110 cm³/mol. The van der Waals surface area contributed by atoms with Gasteiger partial charge in [-0.1, -0.05) is 87.5 Å². The average molecular weight is 380 g/mol. The second-order valence-electron chi connectivity index (χ2n) is 6.61. The second-order valence-corrected chi connectivity index (χ2v) is 6.61. The summed E-state index contributed by atoms with van der Waals surface area (Å²) < 4.78 is 11.3. The maximum Gasteiger partial charge on any atom is 0.338 e. The van der Waals surface area contributed by atoms with E-state index in [4.69, 9.17) is 9.47 Å². The van der Waals surface area contributed by atoms with E-state index in [0.29, 0.717) is 6.42 Å². The molecule has 2 rings (SSSR count). The van der Waals surface area contributed by atoms with Crippen LogP contribution in [0.2, 0.25) is 0 Å². The highest BCUT2D eigenvalue weighted by Gasteiger charge is 2.27. The summed E-state index contributed by atoms with van der Waals surface area (Å²) in [6.07, 6.45) is 1.35. The standard InChI is InChI=1S/C24H28O4/c1-4-6-17-21(27-22(25)5-2)18(3)24(26)28-23(19-13-9-7-10-14-19)20-15-11-8-12-16-20/h7-16,21,23H,3-6,17H2,1-2H3/t21-/m0/s1. The van der Waals surface area contributed by atoms with Crippen molar-refractivity contribution in [3.05, 3.63) is 83.9 Å². The normalized spacial score (nSPS) is 11.7. The molecule has 0 unspecified atom stereocenters. The van der Waals surface area contributed by atoms with E-state index in [-0.39, 0.29) is 18.0 Å². The van der Waals surface area contributed by atoms with Crippen LogP contribution in [0.1, 0.15) is 56.8 Å². The molecule has 2 aromatic carbocycles. The summed E-state index contributed by atoms with van der Waals surface area (Å²) in [4.78, 5) is 24.6. The smallest absolute Gasteiger partial charge is 0.338 e. The fourth-order valence-corrected chi connectivity index (χ4v) is 2.83. The van der Waals surface area contributed by atoms with Gasteiger partial charge in [0.25, 0.3) is 0 Å². The molecular formula is C24H28O4. The second kappa shape index (κ2) is 11.1. The molecule has 0 radical (unpaired) electrons. The lowest BCUT2D eigenvalue weighted by molar-refractivity contribution is -0.151. The number of rotatable bonds is 10. The van der Waals surface area contributed by atoms with Gasteiger partial charge in [-0.15, -0.1) is 0 Å². The van der Waals surface area contributed by atoms with Gasteiger partial charge in [0, 0.05) is 6.42 Å². The van der Waals surface area contributed by atoms with Crippen molar-refractivity contribution in [3.63, 3.8) is 0 Å². The van der Waals surface area contributed by atoms with Gasteiger partial charge in [-0.05, 0) is 24.0 Å². The number of esters is 2. The van der Waals surface area contributed by atoms with Crippen LogP contribution in [-0.4, -0.2) is 18.0 Å². The first-order valence-corrected chi connectivity index (χ1v) is 9.75. The highest BCUT2D eigenvalue weighted by atomic mass is 16.6. The first-order chi connectivity index (χ1) is 13.6. The quantitative estimate of drug-likeness (QED) is 0.410. The van der Waals surface area contributed by atoms with Crippen molar-refractivity contribution in [2.75, 3.05) is 0 Å². The van der Waals surface area contributed by atoms with Gasteiger partial charge in [0.2, 0.25) is 0 Å². The molecule has 0 N–H and O–H groups in total. The van der Waals surface area contributed by atoms with Crippen molar-refractivity contribution in [1.29, 1.82) is 0 Å². The lowest BCUT2D eigenvalue weighted by Gasteiger charge is -2.23. The van der Waals surface area contributed by atoms with Crippen LogP contribution in [0.4, 0.5) is 0 Å². The highest BCUT2D eigenvalue weighted by molar-refractivity contribution is 5.89. The summed E-state index contributed by atoms with van der Waals surface area (Å²) in [7, 11) is 0. The van der Waals surface area contributed by atoms with Gasteiger partial charge in [0.1, 0.15) is 6.10 Å². The van der Waals surface area contributed by atoms with Gasteiger partial charge < -0.3 is 9.47 Å². The van der Waals surface area contributed by atoms with Crippen molar-refractivity contribution in [2.45, 2.75) is 51.7 Å². The first-order valence-electron chi connectivity index (χ1n) is 9.75. The van der Waals surface area contributed by atoms with Crippen LogP contribution >= 0.6 is 0 Å². The summed E-state index contributed by atoms with van der Waals surface area (Å²) >= 11 is 0. The zero-order valence-corrected chi connectivity index (χ0v) is 16.6. The third kappa shape index (κ3) is 6.08. The minimum Gasteiger partial charge on any atom is -0.457 e. The summed E-state index contributed by atoms with van der Waals surface area (Å²) in [6, 6.07) is 19.1. The number of unbranched alkanes of at least 4 members (excludes halogenated alkanes) is 1. The fraction of sp³-hybridized carbons (Fsp3) is 0.333. The lowest BCUT2D eigenvalue weighted by atomic mass is 10.0. The molecule has 2 aromatic rings. The SMILES string of the molecule is C=C(C(=O)OC(c1ccccc1)c1ccccc1)[C@H](CCCC)OC(=O)CC. The Morgan fingerprint density at radius 3 is 1.89 bits per heavy atom. The number of ether oxygens (including phenoxy) is 2. The van der Waals surface area contributed by atoms with Crippen LogP contribution < -0.4 is 0 Å². The molecule has 0 fully saturated rings.